The average molecular weight is 590 g/mol. The van der Waals surface area contributed by atoms with Crippen molar-refractivity contribution in [1.29, 1.82) is 0 Å². The van der Waals surface area contributed by atoms with Gasteiger partial charge < -0.3 is 29.9 Å². The van der Waals surface area contributed by atoms with Gasteiger partial charge in [0.15, 0.2) is 5.58 Å². The molecular weight excluding hydrogens is 558 g/mol. The zero-order valence-electron chi connectivity index (χ0n) is 24.5. The molecule has 10 nitrogen and oxygen atoms in total. The molecule has 0 unspecified atom stereocenters. The number of nitrogens with two attached hydrogens (primary N) is 1. The number of aromatic nitrogens is 1. The van der Waals surface area contributed by atoms with Crippen LogP contribution in [-0.4, -0.2) is 29.1 Å². The topological polar surface area (TPSA) is 145 Å². The maximum atomic E-state index is 12.6. The highest BCUT2D eigenvalue weighted by Crippen LogP contribution is 2.29. The summed E-state index contributed by atoms with van der Waals surface area (Å²) >= 11 is 0. The van der Waals surface area contributed by atoms with Gasteiger partial charge in [-0.2, -0.15) is 4.98 Å². The highest BCUT2D eigenvalue weighted by atomic mass is 16.6. The summed E-state index contributed by atoms with van der Waals surface area (Å²) in [6.45, 7) is 5.48. The van der Waals surface area contributed by atoms with Gasteiger partial charge >= 0.3 is 6.09 Å². The maximum absolute atomic E-state index is 12.6. The van der Waals surface area contributed by atoms with Gasteiger partial charge in [0.1, 0.15) is 22.5 Å². The molecule has 222 valence electrons. The molecule has 10 heteroatoms. The van der Waals surface area contributed by atoms with E-state index < -0.39 is 11.7 Å². The third kappa shape index (κ3) is 6.54. The van der Waals surface area contributed by atoms with Crippen LogP contribution in [0.4, 0.5) is 22.2 Å². The number of hydrogen-bond donors (Lipinski definition) is 3. The number of fused-ring (bicyclic) bond motifs is 3. The Morgan fingerprint density at radius 3 is 2.50 bits per heavy atom. The van der Waals surface area contributed by atoms with E-state index in [4.69, 9.17) is 24.3 Å². The Balaban J connectivity index is 1.32. The number of alkyl carbamates (subject to hydrolysis) is 1. The minimum atomic E-state index is -0.610. The number of anilines is 2. The number of ether oxygens (including phenoxy) is 1. The first kappa shape index (κ1) is 28.5. The molecule has 2 aromatic heterocycles. The van der Waals surface area contributed by atoms with Crippen molar-refractivity contribution >= 4 is 62.2 Å². The number of rotatable bonds is 6. The lowest BCUT2D eigenvalue weighted by Gasteiger charge is -2.19. The van der Waals surface area contributed by atoms with Crippen molar-refractivity contribution in [3.05, 3.63) is 90.3 Å². The van der Waals surface area contributed by atoms with Crippen molar-refractivity contribution in [1.82, 2.24) is 10.3 Å². The lowest BCUT2D eigenvalue weighted by Crippen LogP contribution is -2.34. The summed E-state index contributed by atoms with van der Waals surface area (Å²) in [4.78, 5) is 33.6. The third-order valence-electron chi connectivity index (χ3n) is 6.70. The third-order valence-corrected chi connectivity index (χ3v) is 6.70. The van der Waals surface area contributed by atoms with Gasteiger partial charge in [0.05, 0.1) is 11.0 Å². The maximum Gasteiger partial charge on any atom is 0.407 e. The van der Waals surface area contributed by atoms with Crippen LogP contribution in [0.2, 0.25) is 0 Å². The SMILES string of the molecule is CC(C)(C)OC(=O)NCCC(=O)Nc1cccc(N=c2cc(-c3ccc4nc(N)oc4c3)oc3cc4ccccc4cc23)c1. The molecule has 2 amide bonds. The van der Waals surface area contributed by atoms with Gasteiger partial charge in [-0.15, -0.1) is 0 Å². The van der Waals surface area contributed by atoms with Crippen LogP contribution < -0.4 is 21.7 Å². The molecule has 0 spiro atoms. The molecule has 0 fully saturated rings. The van der Waals surface area contributed by atoms with Gasteiger partial charge in [0, 0.05) is 35.7 Å². The number of amides is 2. The number of benzene rings is 4. The highest BCUT2D eigenvalue weighted by molar-refractivity contribution is 5.96. The van der Waals surface area contributed by atoms with Gasteiger partial charge in [-0.1, -0.05) is 30.3 Å². The van der Waals surface area contributed by atoms with Crippen LogP contribution in [0.3, 0.4) is 0 Å². The van der Waals surface area contributed by atoms with Gasteiger partial charge in [-0.05, 0) is 80.1 Å². The molecule has 0 aliphatic carbocycles. The highest BCUT2D eigenvalue weighted by Gasteiger charge is 2.16. The van der Waals surface area contributed by atoms with Crippen molar-refractivity contribution in [3.8, 4) is 11.3 Å². The van der Waals surface area contributed by atoms with E-state index in [1.165, 1.54) is 0 Å². The first-order valence-corrected chi connectivity index (χ1v) is 14.1. The van der Waals surface area contributed by atoms with Gasteiger partial charge in [0.2, 0.25) is 5.91 Å². The Hall–Kier alpha value is -5.64. The van der Waals surface area contributed by atoms with E-state index in [0.717, 1.165) is 21.7 Å². The zero-order chi connectivity index (χ0) is 30.8. The summed E-state index contributed by atoms with van der Waals surface area (Å²) in [5.41, 5.74) is 9.01. The smallest absolute Gasteiger partial charge is 0.407 e. The summed E-state index contributed by atoms with van der Waals surface area (Å²) in [5.74, 6) is 0.338. The molecule has 2 heterocycles. The molecule has 0 atom stereocenters. The van der Waals surface area contributed by atoms with E-state index in [0.29, 0.717) is 39.2 Å². The Morgan fingerprint density at radius 2 is 1.70 bits per heavy atom. The predicted octanol–water partition coefficient (Wildman–Crippen LogP) is 7.06. The monoisotopic (exact) mass is 589 g/mol. The molecule has 6 rings (SSSR count). The molecule has 0 bridgehead atoms. The van der Waals surface area contributed by atoms with Gasteiger partial charge in [-0.3, -0.25) is 4.79 Å². The minimum absolute atomic E-state index is 0.0864. The van der Waals surface area contributed by atoms with Crippen molar-refractivity contribution < 1.29 is 23.2 Å². The Morgan fingerprint density at radius 1 is 0.909 bits per heavy atom. The number of carbonyl (C=O) groups is 2. The van der Waals surface area contributed by atoms with Crippen LogP contribution in [0.5, 0.6) is 0 Å². The number of carbonyl (C=O) groups excluding carboxylic acids is 2. The summed E-state index contributed by atoms with van der Waals surface area (Å²) in [6.07, 6.45) is -0.478. The first-order valence-electron chi connectivity index (χ1n) is 14.1. The second-order valence-electron chi connectivity index (χ2n) is 11.3. The largest absolute Gasteiger partial charge is 0.456 e. The predicted molar refractivity (Wildman–Crippen MR) is 170 cm³/mol. The van der Waals surface area contributed by atoms with E-state index in [-0.39, 0.29) is 24.9 Å². The molecule has 0 saturated carbocycles. The fraction of sp³-hybridized carbons (Fsp3) is 0.176. The van der Waals surface area contributed by atoms with Crippen LogP contribution in [0.1, 0.15) is 27.2 Å². The van der Waals surface area contributed by atoms with Gasteiger partial charge in [-0.25, -0.2) is 9.79 Å². The molecule has 6 aromatic rings. The summed E-state index contributed by atoms with van der Waals surface area (Å²) < 4.78 is 17.1. The zero-order valence-corrected chi connectivity index (χ0v) is 24.5. The Kier molecular flexibility index (Phi) is 7.48. The lowest BCUT2D eigenvalue weighted by molar-refractivity contribution is -0.116. The van der Waals surface area contributed by atoms with Crippen molar-refractivity contribution in [2.45, 2.75) is 32.8 Å². The number of nitrogen functional groups attached to an aromatic ring is 1. The van der Waals surface area contributed by atoms with Gasteiger partial charge in [0.25, 0.3) is 6.01 Å². The van der Waals surface area contributed by atoms with E-state index in [1.807, 2.05) is 66.7 Å². The fourth-order valence-electron chi connectivity index (χ4n) is 4.79. The molecule has 44 heavy (non-hydrogen) atoms. The van der Waals surface area contributed by atoms with E-state index >= 15 is 0 Å². The number of nitrogens with one attached hydrogen (secondary N) is 2. The normalized spacial score (nSPS) is 12.1. The molecule has 0 aliphatic heterocycles. The minimum Gasteiger partial charge on any atom is -0.456 e. The van der Waals surface area contributed by atoms with Crippen molar-refractivity contribution in [2.75, 3.05) is 17.6 Å². The average Bonchev–Trinajstić information content (AvgIpc) is 3.34. The Bertz CT molecular complexity index is 2110. The second-order valence-corrected chi connectivity index (χ2v) is 11.3. The van der Waals surface area contributed by atoms with E-state index in [2.05, 4.69) is 21.7 Å². The first-order chi connectivity index (χ1) is 21.1. The molecule has 4 N–H and O–H groups in total. The molecule has 0 aliphatic rings. The molecular formula is C34H31N5O5. The van der Waals surface area contributed by atoms with Crippen LogP contribution in [0, 0.1) is 0 Å². The van der Waals surface area contributed by atoms with Crippen molar-refractivity contribution in [3.63, 3.8) is 0 Å². The van der Waals surface area contributed by atoms with E-state index in [9.17, 15) is 9.59 Å². The van der Waals surface area contributed by atoms with E-state index in [1.54, 1.807) is 32.9 Å². The van der Waals surface area contributed by atoms with Crippen LogP contribution in [-0.2, 0) is 9.53 Å². The summed E-state index contributed by atoms with van der Waals surface area (Å²) in [7, 11) is 0. The molecule has 4 aromatic carbocycles. The van der Waals surface area contributed by atoms with Crippen LogP contribution in [0.15, 0.2) is 98.8 Å². The number of hydrogen-bond acceptors (Lipinski definition) is 8. The van der Waals surface area contributed by atoms with Crippen LogP contribution in [0.25, 0.3) is 44.2 Å². The summed E-state index contributed by atoms with van der Waals surface area (Å²) in [5, 5.41) is 9.08. The van der Waals surface area contributed by atoms with Crippen molar-refractivity contribution in [2.24, 2.45) is 4.99 Å². The molecule has 0 saturated heterocycles. The number of oxazole rings is 1. The Labute approximate surface area is 252 Å². The summed E-state index contributed by atoms with van der Waals surface area (Å²) in [6, 6.07) is 26.9. The second kappa shape index (κ2) is 11.6. The number of nitrogens with zero attached hydrogens (tertiary/aromatic N) is 2. The fourth-order valence-corrected chi connectivity index (χ4v) is 4.79. The quantitative estimate of drug-likeness (QED) is 0.176. The lowest BCUT2D eigenvalue weighted by atomic mass is 10.1. The standard InChI is InChI=1S/C34H31N5O5/c1-34(2,3)44-33(41)36-14-13-31(40)38-24-10-6-9-23(18-24)37-27-19-28(22-11-12-26-30(17-22)43-32(35)39-26)42-29-16-21-8-5-4-7-20(21)15-25(27)29/h4-12,15-19H,13-14H2,1-3H3,(H2,35,39)(H,36,41)(H,38,40). The van der Waals surface area contributed by atoms with Crippen LogP contribution >= 0.6 is 0 Å². The molecule has 0 radical (unpaired) electrons.